The van der Waals surface area contributed by atoms with Crippen LogP contribution >= 0.6 is 11.6 Å². The average Bonchev–Trinajstić information content (AvgIpc) is 2.69. The highest BCUT2D eigenvalue weighted by molar-refractivity contribution is 6.30. The van der Waals surface area contributed by atoms with Crippen LogP contribution in [0.4, 0.5) is 5.69 Å². The average molecular weight is 392 g/mol. The van der Waals surface area contributed by atoms with E-state index in [2.05, 4.69) is 15.2 Å². The molecule has 4 nitrogen and oxygen atoms in total. The molecule has 0 saturated carbocycles. The number of anilines is 1. The third kappa shape index (κ3) is 5.78. The Hall–Kier alpha value is -2.95. The SMILES string of the molecule is CN(C)Cc1ccc(NC(=O)C=Cc2ccc(-c3ccc(Cl)cc3)cn2)cc1. The van der Waals surface area contributed by atoms with Crippen molar-refractivity contribution in [2.45, 2.75) is 6.54 Å². The van der Waals surface area contributed by atoms with Crippen LogP contribution in [0, 0.1) is 0 Å². The number of carbonyl (C=O) groups excluding carboxylic acids is 1. The van der Waals surface area contributed by atoms with Crippen molar-refractivity contribution in [2.24, 2.45) is 0 Å². The normalized spacial score (nSPS) is 11.1. The minimum Gasteiger partial charge on any atom is -0.323 e. The Balaban J connectivity index is 1.58. The molecule has 28 heavy (non-hydrogen) atoms. The van der Waals surface area contributed by atoms with E-state index in [1.165, 1.54) is 11.6 Å². The van der Waals surface area contributed by atoms with E-state index in [0.29, 0.717) is 10.7 Å². The Bertz CT molecular complexity index is 947. The molecule has 0 aliphatic rings. The molecule has 5 heteroatoms. The van der Waals surface area contributed by atoms with E-state index in [1.807, 2.05) is 74.8 Å². The van der Waals surface area contributed by atoms with Gasteiger partial charge >= 0.3 is 0 Å². The van der Waals surface area contributed by atoms with Gasteiger partial charge in [-0.05, 0) is 61.6 Å². The maximum atomic E-state index is 12.1. The summed E-state index contributed by atoms with van der Waals surface area (Å²) in [7, 11) is 4.05. The highest BCUT2D eigenvalue weighted by Crippen LogP contribution is 2.21. The zero-order valence-corrected chi connectivity index (χ0v) is 16.6. The van der Waals surface area contributed by atoms with Crippen molar-refractivity contribution in [3.63, 3.8) is 0 Å². The zero-order valence-electron chi connectivity index (χ0n) is 15.9. The lowest BCUT2D eigenvalue weighted by molar-refractivity contribution is -0.111. The van der Waals surface area contributed by atoms with Crippen LogP contribution in [-0.4, -0.2) is 29.9 Å². The van der Waals surface area contributed by atoms with Gasteiger partial charge in [-0.2, -0.15) is 0 Å². The van der Waals surface area contributed by atoms with Crippen molar-refractivity contribution < 1.29 is 4.79 Å². The summed E-state index contributed by atoms with van der Waals surface area (Å²) in [5.41, 5.74) is 4.72. The van der Waals surface area contributed by atoms with Gasteiger partial charge in [0, 0.05) is 35.1 Å². The van der Waals surface area contributed by atoms with Crippen LogP contribution in [0.3, 0.4) is 0 Å². The molecular weight excluding hydrogens is 370 g/mol. The van der Waals surface area contributed by atoms with Gasteiger partial charge in [0.2, 0.25) is 5.91 Å². The molecule has 0 bridgehead atoms. The van der Waals surface area contributed by atoms with E-state index in [9.17, 15) is 4.79 Å². The summed E-state index contributed by atoms with van der Waals surface area (Å²) in [6.07, 6.45) is 4.96. The molecule has 0 fully saturated rings. The molecular formula is C23H22ClN3O. The zero-order chi connectivity index (χ0) is 19.9. The summed E-state index contributed by atoms with van der Waals surface area (Å²) in [4.78, 5) is 18.6. The monoisotopic (exact) mass is 391 g/mol. The molecule has 0 spiro atoms. The Kier molecular flexibility index (Phi) is 6.58. The van der Waals surface area contributed by atoms with Crippen molar-refractivity contribution in [1.82, 2.24) is 9.88 Å². The maximum Gasteiger partial charge on any atom is 0.248 e. The van der Waals surface area contributed by atoms with Gasteiger partial charge in [-0.25, -0.2) is 0 Å². The van der Waals surface area contributed by atoms with Crippen molar-refractivity contribution in [2.75, 3.05) is 19.4 Å². The van der Waals surface area contributed by atoms with Gasteiger partial charge in [-0.3, -0.25) is 9.78 Å². The standard InChI is InChI=1S/C23H22ClN3O/c1-27(2)16-17-3-10-22(11-4-17)26-23(28)14-13-21-12-7-19(15-25-21)18-5-8-20(24)9-6-18/h3-15H,16H2,1-2H3,(H,26,28). The molecule has 1 heterocycles. The second kappa shape index (κ2) is 9.31. The molecule has 0 aliphatic heterocycles. The topological polar surface area (TPSA) is 45.2 Å². The van der Waals surface area contributed by atoms with Crippen molar-refractivity contribution in [3.8, 4) is 11.1 Å². The minimum absolute atomic E-state index is 0.191. The Morgan fingerprint density at radius 2 is 1.68 bits per heavy atom. The predicted molar refractivity (Wildman–Crippen MR) is 116 cm³/mol. The van der Waals surface area contributed by atoms with Gasteiger partial charge < -0.3 is 10.2 Å². The first-order valence-electron chi connectivity index (χ1n) is 8.94. The lowest BCUT2D eigenvalue weighted by atomic mass is 10.1. The summed E-state index contributed by atoms with van der Waals surface area (Å²) in [6.45, 7) is 0.867. The third-order valence-corrected chi connectivity index (χ3v) is 4.34. The van der Waals surface area contributed by atoms with Crippen molar-refractivity contribution in [1.29, 1.82) is 0 Å². The van der Waals surface area contributed by atoms with E-state index >= 15 is 0 Å². The highest BCUT2D eigenvalue weighted by atomic mass is 35.5. The number of aromatic nitrogens is 1. The summed E-state index contributed by atoms with van der Waals surface area (Å²) >= 11 is 5.92. The van der Waals surface area contributed by atoms with E-state index in [0.717, 1.165) is 23.4 Å². The quantitative estimate of drug-likeness (QED) is 0.593. The van der Waals surface area contributed by atoms with Crippen LogP contribution in [0.15, 0.2) is 72.9 Å². The maximum absolute atomic E-state index is 12.1. The molecule has 0 saturated heterocycles. The molecule has 0 radical (unpaired) electrons. The molecule has 0 unspecified atom stereocenters. The summed E-state index contributed by atoms with van der Waals surface area (Å²) in [6, 6.07) is 19.3. The number of benzene rings is 2. The van der Waals surface area contributed by atoms with Crippen LogP contribution in [0.5, 0.6) is 0 Å². The summed E-state index contributed by atoms with van der Waals surface area (Å²) < 4.78 is 0. The first-order chi connectivity index (χ1) is 13.5. The highest BCUT2D eigenvalue weighted by Gasteiger charge is 2.01. The van der Waals surface area contributed by atoms with Gasteiger partial charge in [0.25, 0.3) is 0 Å². The lowest BCUT2D eigenvalue weighted by Crippen LogP contribution is -2.11. The van der Waals surface area contributed by atoms with Crippen LogP contribution in [-0.2, 0) is 11.3 Å². The number of hydrogen-bond donors (Lipinski definition) is 1. The first-order valence-corrected chi connectivity index (χ1v) is 9.32. The number of carbonyl (C=O) groups is 1. The molecule has 1 aromatic heterocycles. The fourth-order valence-electron chi connectivity index (χ4n) is 2.72. The number of halogens is 1. The third-order valence-electron chi connectivity index (χ3n) is 4.09. The van der Waals surface area contributed by atoms with Crippen LogP contribution < -0.4 is 5.32 Å². The number of hydrogen-bond acceptors (Lipinski definition) is 3. The number of pyridine rings is 1. The van der Waals surface area contributed by atoms with Gasteiger partial charge in [-0.15, -0.1) is 0 Å². The summed E-state index contributed by atoms with van der Waals surface area (Å²) in [5, 5.41) is 3.56. The second-order valence-electron chi connectivity index (χ2n) is 6.74. The van der Waals surface area contributed by atoms with Gasteiger partial charge in [0.1, 0.15) is 0 Å². The largest absolute Gasteiger partial charge is 0.323 e. The molecule has 0 atom stereocenters. The van der Waals surface area contributed by atoms with Crippen LogP contribution in [0.1, 0.15) is 11.3 Å². The molecule has 0 aliphatic carbocycles. The number of nitrogens with one attached hydrogen (secondary N) is 1. The number of amides is 1. The van der Waals surface area contributed by atoms with Crippen molar-refractivity contribution in [3.05, 3.63) is 89.2 Å². The molecule has 1 amide bonds. The molecule has 3 aromatic rings. The minimum atomic E-state index is -0.191. The smallest absolute Gasteiger partial charge is 0.248 e. The molecule has 3 rings (SSSR count). The van der Waals surface area contributed by atoms with E-state index in [1.54, 1.807) is 12.3 Å². The van der Waals surface area contributed by atoms with E-state index in [-0.39, 0.29) is 5.91 Å². The second-order valence-corrected chi connectivity index (χ2v) is 7.17. The van der Waals surface area contributed by atoms with Crippen molar-refractivity contribution >= 4 is 29.3 Å². The summed E-state index contributed by atoms with van der Waals surface area (Å²) in [5.74, 6) is -0.191. The van der Waals surface area contributed by atoms with Crippen LogP contribution in [0.2, 0.25) is 5.02 Å². The Morgan fingerprint density at radius 3 is 2.29 bits per heavy atom. The molecule has 2 aromatic carbocycles. The Labute approximate surface area is 170 Å². The number of rotatable bonds is 6. The van der Waals surface area contributed by atoms with Crippen LogP contribution in [0.25, 0.3) is 17.2 Å². The van der Waals surface area contributed by atoms with E-state index in [4.69, 9.17) is 11.6 Å². The molecule has 142 valence electrons. The van der Waals surface area contributed by atoms with Gasteiger partial charge in [0.15, 0.2) is 0 Å². The predicted octanol–water partition coefficient (Wildman–Crippen LogP) is 5.12. The first kappa shape index (κ1) is 19.8. The fourth-order valence-corrected chi connectivity index (χ4v) is 2.85. The van der Waals surface area contributed by atoms with Gasteiger partial charge in [-0.1, -0.05) is 41.9 Å². The lowest BCUT2D eigenvalue weighted by Gasteiger charge is -2.10. The number of nitrogens with zero attached hydrogens (tertiary/aromatic N) is 2. The fraction of sp³-hybridized carbons (Fsp3) is 0.130. The van der Waals surface area contributed by atoms with E-state index < -0.39 is 0 Å². The Morgan fingerprint density at radius 1 is 1.00 bits per heavy atom. The molecule has 1 N–H and O–H groups in total. The van der Waals surface area contributed by atoms with Gasteiger partial charge in [0.05, 0.1) is 5.69 Å².